The molecule has 0 saturated heterocycles. The number of rotatable bonds is 0. The first-order valence-corrected chi connectivity index (χ1v) is 0.316. The van der Waals surface area contributed by atoms with Crippen molar-refractivity contribution in [3.05, 3.63) is 7.11 Å². The van der Waals surface area contributed by atoms with Gasteiger partial charge in [0.2, 0.25) is 0 Å². The van der Waals surface area contributed by atoms with E-state index in [2.05, 4.69) is 7.11 Å². The van der Waals surface area contributed by atoms with Crippen LogP contribution in [-0.2, 0) is 22.4 Å². The first-order chi connectivity index (χ1) is 1.00. The molecule has 32 valence electrons. The van der Waals surface area contributed by atoms with Crippen molar-refractivity contribution in [3.8, 4) is 0 Å². The molecule has 1 N–H and O–H groups in total. The van der Waals surface area contributed by atoms with Crippen LogP contribution in [0.3, 0.4) is 0 Å². The molecule has 0 aromatic rings. The van der Waals surface area contributed by atoms with Gasteiger partial charge in [0.25, 0.3) is 0 Å². The van der Waals surface area contributed by atoms with Crippen LogP contribution in [0.1, 0.15) is 0 Å². The Hall–Kier alpha value is 1.13. The molecule has 1 atom stereocenters. The van der Waals surface area contributed by atoms with Crippen molar-refractivity contribution in [2.45, 2.75) is 0 Å². The summed E-state index contributed by atoms with van der Waals surface area (Å²) >= 11 is 0. The molecule has 0 aromatic heterocycles. The van der Waals surface area contributed by atoms with Crippen molar-refractivity contribution in [1.29, 1.82) is 0 Å². The van der Waals surface area contributed by atoms with Gasteiger partial charge in [-0.3, -0.25) is 0 Å². The molecule has 0 aliphatic rings. The summed E-state index contributed by atoms with van der Waals surface area (Å²) in [6.45, 7) is 0. The summed E-state index contributed by atoms with van der Waals surface area (Å²) in [6, 6.07) is 0. The van der Waals surface area contributed by atoms with Crippen LogP contribution in [-0.4, -0.2) is 5.11 Å². The van der Waals surface area contributed by atoms with Gasteiger partial charge < -0.3 is 5.11 Å². The summed E-state index contributed by atoms with van der Waals surface area (Å²) in [7, 11) is 2.25. The van der Waals surface area contributed by atoms with Gasteiger partial charge >= 0.3 is 22.4 Å². The van der Waals surface area contributed by atoms with Gasteiger partial charge in [0.05, 0.1) is 0 Å². The molecule has 0 spiro atoms. The molecule has 0 rings (SSSR count). The van der Waals surface area contributed by atoms with E-state index < -0.39 is 0 Å². The number of hydrogen-bond acceptors (Lipinski definition) is 1. The standard InChI is InChI=1S/CH3O.Au.H3P/c1-2;;/h2H,1H2;;1H3/q-1;+1;. The maximum Gasteiger partial charge on any atom is 1.00 e. The Bertz CT molecular complexity index is 8.00. The topological polar surface area (TPSA) is 20.2 Å². The molecule has 0 aromatic carbocycles. The van der Waals surface area contributed by atoms with Crippen LogP contribution in [0, 0.1) is 7.11 Å². The molecule has 0 aliphatic heterocycles. The first-order valence-electron chi connectivity index (χ1n) is 0.316. The summed E-state index contributed by atoms with van der Waals surface area (Å²) < 4.78 is 0. The fourth-order valence-corrected chi connectivity index (χ4v) is 0. The molecular weight excluding hydrogens is 256 g/mol. The van der Waals surface area contributed by atoms with Gasteiger partial charge in [0, 0.05) is 0 Å². The van der Waals surface area contributed by atoms with E-state index >= 15 is 0 Å². The van der Waals surface area contributed by atoms with Crippen molar-refractivity contribution >= 4 is 9.90 Å². The molecule has 0 aliphatic carbocycles. The van der Waals surface area contributed by atoms with E-state index in [9.17, 15) is 0 Å². The Morgan fingerprint density at radius 3 is 1.25 bits per heavy atom. The number of aliphatic hydroxyl groups excluding tert-OH is 1. The maximum atomic E-state index is 6.75. The molecule has 0 saturated carbocycles. The number of hydrogen-bond donors (Lipinski definition) is 1. The van der Waals surface area contributed by atoms with Gasteiger partial charge in [-0.25, -0.2) is 7.11 Å². The second kappa shape index (κ2) is 31.7. The summed E-state index contributed by atoms with van der Waals surface area (Å²) in [5, 5.41) is 6.75. The van der Waals surface area contributed by atoms with E-state index in [0.717, 1.165) is 0 Å². The Morgan fingerprint density at radius 1 is 1.25 bits per heavy atom. The quantitative estimate of drug-likeness (QED) is 0.376. The number of aliphatic hydroxyl groups is 1. The molecule has 3 heteroatoms. The summed E-state index contributed by atoms with van der Waals surface area (Å²) in [4.78, 5) is 0. The van der Waals surface area contributed by atoms with Crippen molar-refractivity contribution in [1.82, 2.24) is 0 Å². The van der Waals surface area contributed by atoms with Gasteiger partial charge in [-0.05, 0) is 0 Å². The minimum atomic E-state index is 0. The second-order valence-electron chi connectivity index (χ2n) is 0. The fraction of sp³-hybridized carbons (Fsp3) is 0. The van der Waals surface area contributed by atoms with Crippen LogP contribution in [0.4, 0.5) is 0 Å². The second-order valence-corrected chi connectivity index (χ2v) is 0. The van der Waals surface area contributed by atoms with Gasteiger partial charge in [-0.1, -0.05) is 0 Å². The van der Waals surface area contributed by atoms with E-state index in [1.807, 2.05) is 0 Å². The van der Waals surface area contributed by atoms with Crippen LogP contribution < -0.4 is 0 Å². The molecule has 0 bridgehead atoms. The molecular formula is CH6AuOP. The molecule has 0 fully saturated rings. The van der Waals surface area contributed by atoms with Crippen LogP contribution in [0.25, 0.3) is 0 Å². The third-order valence-corrected chi connectivity index (χ3v) is 0. The predicted molar refractivity (Wildman–Crippen MR) is 18.4 cm³/mol. The minimum Gasteiger partial charge on any atom is -0.569 e. The third-order valence-electron chi connectivity index (χ3n) is 0. The van der Waals surface area contributed by atoms with E-state index in [1.54, 1.807) is 0 Å². The zero-order valence-corrected chi connectivity index (χ0v) is 5.74. The monoisotopic (exact) mass is 262 g/mol. The molecule has 4 heavy (non-hydrogen) atoms. The van der Waals surface area contributed by atoms with Gasteiger partial charge in [-0.15, -0.1) is 0 Å². The van der Waals surface area contributed by atoms with Gasteiger partial charge in [-0.2, -0.15) is 9.90 Å². The fourth-order valence-electron chi connectivity index (χ4n) is 0. The van der Waals surface area contributed by atoms with Crippen molar-refractivity contribution < 1.29 is 27.5 Å². The normalized spacial score (nSPS) is 1.50. The Kier molecular flexibility index (Phi) is 153. The maximum absolute atomic E-state index is 6.75. The largest absolute Gasteiger partial charge is 1.00 e. The van der Waals surface area contributed by atoms with Crippen LogP contribution >= 0.6 is 9.90 Å². The Labute approximate surface area is 44.9 Å². The van der Waals surface area contributed by atoms with Crippen LogP contribution in [0.15, 0.2) is 0 Å². The molecule has 0 radical (unpaired) electrons. The smallest absolute Gasteiger partial charge is 0.569 e. The van der Waals surface area contributed by atoms with Crippen LogP contribution in [0.5, 0.6) is 0 Å². The third kappa shape index (κ3) is 11.1. The Morgan fingerprint density at radius 2 is 1.25 bits per heavy atom. The van der Waals surface area contributed by atoms with E-state index in [4.69, 9.17) is 5.11 Å². The van der Waals surface area contributed by atoms with Crippen molar-refractivity contribution in [2.24, 2.45) is 0 Å². The molecule has 0 heterocycles. The van der Waals surface area contributed by atoms with Gasteiger partial charge in [0.1, 0.15) is 0 Å². The summed E-state index contributed by atoms with van der Waals surface area (Å²) in [6.07, 6.45) is 0. The van der Waals surface area contributed by atoms with Gasteiger partial charge in [0.15, 0.2) is 0 Å². The average Bonchev–Trinajstić information content (AvgIpc) is 1.00. The molecule has 1 unspecified atom stereocenters. The molecule has 0 amide bonds. The van der Waals surface area contributed by atoms with E-state index in [-0.39, 0.29) is 32.3 Å². The zero-order valence-electron chi connectivity index (χ0n) is 2.16. The Balaban J connectivity index is -0.00000000500. The average molecular weight is 262 g/mol. The van der Waals surface area contributed by atoms with Crippen LogP contribution in [0.2, 0.25) is 0 Å². The SMILES string of the molecule is P.[Au+].[CH2-]O. The summed E-state index contributed by atoms with van der Waals surface area (Å²) in [5.74, 6) is 0. The van der Waals surface area contributed by atoms with Crippen molar-refractivity contribution in [2.75, 3.05) is 0 Å². The van der Waals surface area contributed by atoms with E-state index in [1.165, 1.54) is 0 Å². The summed E-state index contributed by atoms with van der Waals surface area (Å²) in [5.41, 5.74) is 0. The van der Waals surface area contributed by atoms with Crippen molar-refractivity contribution in [3.63, 3.8) is 0 Å². The minimum absolute atomic E-state index is 0. The zero-order chi connectivity index (χ0) is 2.00. The van der Waals surface area contributed by atoms with E-state index in [0.29, 0.717) is 0 Å². The molecule has 1 nitrogen and oxygen atoms in total. The first kappa shape index (κ1) is 19.3. The predicted octanol–water partition coefficient (Wildman–Crippen LogP) is 0.206.